The van der Waals surface area contributed by atoms with Crippen LogP contribution >= 0.6 is 0 Å². The molecule has 3 saturated heterocycles. The molecule has 2 unspecified atom stereocenters. The van der Waals surface area contributed by atoms with E-state index in [1.807, 2.05) is 0 Å². The first kappa shape index (κ1) is 20.9. The van der Waals surface area contributed by atoms with Crippen molar-refractivity contribution in [1.82, 2.24) is 15.1 Å². The number of carbonyl (C=O) groups is 2. The summed E-state index contributed by atoms with van der Waals surface area (Å²) in [6.45, 7) is 3.76. The third-order valence-corrected chi connectivity index (χ3v) is 5.86. The molecule has 0 aromatic heterocycles. The molecule has 10 heteroatoms. The Bertz CT molecular complexity index is 826. The maximum Gasteiger partial charge on any atom is 0.416 e. The van der Waals surface area contributed by atoms with E-state index in [2.05, 4.69) is 5.32 Å². The van der Waals surface area contributed by atoms with Crippen molar-refractivity contribution >= 4 is 11.9 Å². The van der Waals surface area contributed by atoms with Gasteiger partial charge in [-0.25, -0.2) is 4.79 Å². The molecule has 0 spiro atoms. The second-order valence-electron chi connectivity index (χ2n) is 8.02. The Hall–Kier alpha value is -2.33. The second kappa shape index (κ2) is 8.07. The van der Waals surface area contributed by atoms with Gasteiger partial charge in [-0.1, -0.05) is 6.07 Å². The lowest BCUT2D eigenvalue weighted by molar-refractivity contribution is -0.140. The summed E-state index contributed by atoms with van der Waals surface area (Å²) in [4.78, 5) is 27.6. The van der Waals surface area contributed by atoms with E-state index in [9.17, 15) is 22.8 Å². The van der Waals surface area contributed by atoms with Crippen LogP contribution in [0, 0.1) is 6.92 Å². The molecule has 2 atom stereocenters. The molecule has 3 fully saturated rings. The van der Waals surface area contributed by atoms with Crippen molar-refractivity contribution in [3.63, 3.8) is 0 Å². The van der Waals surface area contributed by atoms with Crippen molar-refractivity contribution < 1.29 is 32.2 Å². The SMILES string of the molecule is Cc1cc(C(F)(F)F)ccc1COC1CN(C(=O)N2CCC3OCC(=O)NC3C2)C1. The average molecular weight is 427 g/mol. The van der Waals surface area contributed by atoms with Gasteiger partial charge in [0.1, 0.15) is 6.61 Å². The number of likely N-dealkylation sites (tertiary alicyclic amines) is 2. The molecule has 0 radical (unpaired) electrons. The summed E-state index contributed by atoms with van der Waals surface area (Å²) >= 11 is 0. The number of nitrogens with zero attached hydrogens (tertiary/aromatic N) is 2. The lowest BCUT2D eigenvalue weighted by Crippen LogP contribution is -2.65. The predicted molar refractivity (Wildman–Crippen MR) is 99.6 cm³/mol. The second-order valence-corrected chi connectivity index (χ2v) is 8.02. The summed E-state index contributed by atoms with van der Waals surface area (Å²) in [5, 5.41) is 2.87. The van der Waals surface area contributed by atoms with Crippen molar-refractivity contribution in [1.29, 1.82) is 0 Å². The molecule has 3 aliphatic rings. The van der Waals surface area contributed by atoms with Gasteiger partial charge in [0.15, 0.2) is 0 Å². The van der Waals surface area contributed by atoms with Gasteiger partial charge in [-0.05, 0) is 36.6 Å². The summed E-state index contributed by atoms with van der Waals surface area (Å²) in [7, 11) is 0. The number of amides is 3. The van der Waals surface area contributed by atoms with Crippen LogP contribution in [0.4, 0.5) is 18.0 Å². The quantitative estimate of drug-likeness (QED) is 0.800. The van der Waals surface area contributed by atoms with Gasteiger partial charge < -0.3 is 24.6 Å². The van der Waals surface area contributed by atoms with E-state index < -0.39 is 11.7 Å². The van der Waals surface area contributed by atoms with Crippen LogP contribution in [0.2, 0.25) is 0 Å². The standard InChI is InChI=1S/C20H24F3N3O4/c1-12-6-14(20(21,22)23)3-2-13(12)10-29-15-7-26(8-15)19(28)25-5-4-17-16(9-25)24-18(27)11-30-17/h2-3,6,15-17H,4-5,7-11H2,1H3,(H,24,27). The summed E-state index contributed by atoms with van der Waals surface area (Å²) < 4.78 is 49.6. The molecule has 3 aliphatic heterocycles. The van der Waals surface area contributed by atoms with E-state index in [1.165, 1.54) is 6.07 Å². The largest absolute Gasteiger partial charge is 0.416 e. The maximum atomic E-state index is 12.8. The predicted octanol–water partition coefficient (Wildman–Crippen LogP) is 1.92. The summed E-state index contributed by atoms with van der Waals surface area (Å²) in [6, 6.07) is 3.33. The summed E-state index contributed by atoms with van der Waals surface area (Å²) in [6.07, 6.45) is -3.88. The molecule has 30 heavy (non-hydrogen) atoms. The van der Waals surface area contributed by atoms with Crippen LogP contribution in [-0.2, 0) is 27.1 Å². The van der Waals surface area contributed by atoms with E-state index in [-0.39, 0.29) is 43.4 Å². The highest BCUT2D eigenvalue weighted by molar-refractivity contribution is 5.79. The highest BCUT2D eigenvalue weighted by Crippen LogP contribution is 2.31. The Balaban J connectivity index is 1.23. The fourth-order valence-corrected chi connectivity index (χ4v) is 4.02. The van der Waals surface area contributed by atoms with Gasteiger partial charge in [-0.3, -0.25) is 4.79 Å². The first-order valence-electron chi connectivity index (χ1n) is 9.94. The zero-order chi connectivity index (χ0) is 21.5. The van der Waals surface area contributed by atoms with Gasteiger partial charge in [0.25, 0.3) is 0 Å². The minimum atomic E-state index is -4.36. The van der Waals surface area contributed by atoms with Crippen molar-refractivity contribution in [2.45, 2.75) is 44.4 Å². The number of rotatable bonds is 3. The van der Waals surface area contributed by atoms with Crippen LogP contribution in [-0.4, -0.2) is 72.8 Å². The zero-order valence-electron chi connectivity index (χ0n) is 16.6. The molecule has 0 bridgehead atoms. The van der Waals surface area contributed by atoms with Crippen LogP contribution in [0.15, 0.2) is 18.2 Å². The van der Waals surface area contributed by atoms with E-state index in [0.717, 1.165) is 12.1 Å². The summed E-state index contributed by atoms with van der Waals surface area (Å²) in [5.74, 6) is -0.165. The molecular weight excluding hydrogens is 403 g/mol. The fraction of sp³-hybridized carbons (Fsp3) is 0.600. The third-order valence-electron chi connectivity index (χ3n) is 5.86. The number of halogens is 3. The number of hydrogen-bond acceptors (Lipinski definition) is 4. The molecule has 1 aromatic rings. The number of carbonyl (C=O) groups excluding carboxylic acids is 2. The molecule has 0 saturated carbocycles. The number of benzene rings is 1. The number of urea groups is 1. The maximum absolute atomic E-state index is 12.8. The molecule has 4 rings (SSSR count). The Morgan fingerprint density at radius 1 is 1.27 bits per heavy atom. The molecule has 164 valence electrons. The van der Waals surface area contributed by atoms with Gasteiger partial charge in [-0.2, -0.15) is 13.2 Å². The molecule has 3 heterocycles. The smallest absolute Gasteiger partial charge is 0.370 e. The van der Waals surface area contributed by atoms with Gasteiger partial charge in [0, 0.05) is 13.1 Å². The topological polar surface area (TPSA) is 71.1 Å². The Labute approximate surface area is 172 Å². The lowest BCUT2D eigenvalue weighted by atomic mass is 10.0. The number of ether oxygens (including phenoxy) is 2. The van der Waals surface area contributed by atoms with Gasteiger partial charge in [-0.15, -0.1) is 0 Å². The Morgan fingerprint density at radius 2 is 2.03 bits per heavy atom. The van der Waals surface area contributed by atoms with Crippen LogP contribution in [0.3, 0.4) is 0 Å². The van der Waals surface area contributed by atoms with Gasteiger partial charge in [0.2, 0.25) is 5.91 Å². The van der Waals surface area contributed by atoms with Crippen LogP contribution in [0.25, 0.3) is 0 Å². The van der Waals surface area contributed by atoms with Gasteiger partial charge >= 0.3 is 12.2 Å². The minimum absolute atomic E-state index is 0.0498. The third kappa shape index (κ3) is 4.39. The zero-order valence-corrected chi connectivity index (χ0v) is 16.6. The van der Waals surface area contributed by atoms with E-state index >= 15 is 0 Å². The van der Waals surface area contributed by atoms with Crippen molar-refractivity contribution in [2.75, 3.05) is 32.8 Å². The number of fused-ring (bicyclic) bond motifs is 1. The van der Waals surface area contributed by atoms with Crippen LogP contribution < -0.4 is 5.32 Å². The van der Waals surface area contributed by atoms with Crippen molar-refractivity contribution in [3.05, 3.63) is 34.9 Å². The number of morpholine rings is 1. The van der Waals surface area contributed by atoms with Crippen molar-refractivity contribution in [2.24, 2.45) is 0 Å². The molecule has 7 nitrogen and oxygen atoms in total. The molecule has 1 N–H and O–H groups in total. The molecular formula is C20H24F3N3O4. The monoisotopic (exact) mass is 427 g/mol. The van der Waals surface area contributed by atoms with Crippen LogP contribution in [0.1, 0.15) is 23.1 Å². The fourth-order valence-electron chi connectivity index (χ4n) is 4.02. The number of piperidine rings is 1. The van der Waals surface area contributed by atoms with E-state index in [4.69, 9.17) is 9.47 Å². The number of nitrogens with one attached hydrogen (secondary N) is 1. The lowest BCUT2D eigenvalue weighted by Gasteiger charge is -2.46. The van der Waals surface area contributed by atoms with Crippen LogP contribution in [0.5, 0.6) is 0 Å². The average Bonchev–Trinajstić information content (AvgIpc) is 2.66. The molecule has 3 amide bonds. The van der Waals surface area contributed by atoms with E-state index in [1.54, 1.807) is 16.7 Å². The molecule has 0 aliphatic carbocycles. The number of hydrogen-bond donors (Lipinski definition) is 1. The first-order chi connectivity index (χ1) is 14.2. The number of aryl methyl sites for hydroxylation is 1. The van der Waals surface area contributed by atoms with E-state index in [0.29, 0.717) is 43.7 Å². The Kier molecular flexibility index (Phi) is 5.63. The first-order valence-corrected chi connectivity index (χ1v) is 9.94. The minimum Gasteiger partial charge on any atom is -0.370 e. The highest BCUT2D eigenvalue weighted by Gasteiger charge is 2.40. The normalized spacial score (nSPS) is 24.9. The highest BCUT2D eigenvalue weighted by atomic mass is 19.4. The molecule has 1 aromatic carbocycles. The number of alkyl halides is 3. The summed E-state index contributed by atoms with van der Waals surface area (Å²) in [5.41, 5.74) is 0.548. The Morgan fingerprint density at radius 3 is 2.73 bits per heavy atom. The van der Waals surface area contributed by atoms with Crippen molar-refractivity contribution in [3.8, 4) is 0 Å². The van der Waals surface area contributed by atoms with Gasteiger partial charge in [0.05, 0.1) is 43.5 Å².